The van der Waals surface area contributed by atoms with E-state index in [1.165, 1.54) is 37.7 Å². The molecule has 3 N–H and O–H groups in total. The molecule has 2 nitrogen and oxygen atoms in total. The first-order valence-electron chi connectivity index (χ1n) is 6.65. The minimum Gasteiger partial charge on any atom is -0.507 e. The van der Waals surface area contributed by atoms with Crippen molar-refractivity contribution in [3.05, 3.63) is 28.8 Å². The topological polar surface area (TPSA) is 46.2 Å². The van der Waals surface area contributed by atoms with Gasteiger partial charge in [-0.15, -0.1) is 0 Å². The summed E-state index contributed by atoms with van der Waals surface area (Å²) >= 11 is 0. The lowest BCUT2D eigenvalue weighted by atomic mass is 9.81. The standard InChI is InChI=1S/C15H23NO/c1-10-8-13(9-11(2)15(10)17)14(16)12-6-4-3-5-7-12/h8-9,12,14,17H,3-7,16H2,1-2H3/t14-/m0/s1. The van der Waals surface area contributed by atoms with Gasteiger partial charge >= 0.3 is 0 Å². The van der Waals surface area contributed by atoms with Gasteiger partial charge in [0.25, 0.3) is 0 Å². The molecule has 1 atom stereocenters. The van der Waals surface area contributed by atoms with Crippen LogP contribution in [0.3, 0.4) is 0 Å². The number of aryl methyl sites for hydroxylation is 2. The summed E-state index contributed by atoms with van der Waals surface area (Å²) in [5.74, 6) is 1.02. The SMILES string of the molecule is Cc1cc([C@@H](N)C2CCCCC2)cc(C)c1O. The third-order valence-corrected chi connectivity index (χ3v) is 4.06. The van der Waals surface area contributed by atoms with E-state index in [1.54, 1.807) is 0 Å². The smallest absolute Gasteiger partial charge is 0.121 e. The second kappa shape index (κ2) is 5.09. The molecule has 17 heavy (non-hydrogen) atoms. The van der Waals surface area contributed by atoms with Crippen LogP contribution in [0.15, 0.2) is 12.1 Å². The molecule has 1 aromatic rings. The summed E-state index contributed by atoms with van der Waals surface area (Å²) in [5, 5.41) is 9.78. The third-order valence-electron chi connectivity index (χ3n) is 4.06. The van der Waals surface area contributed by atoms with Crippen molar-refractivity contribution in [2.75, 3.05) is 0 Å². The van der Waals surface area contributed by atoms with Gasteiger partial charge in [-0.2, -0.15) is 0 Å². The molecule has 0 heterocycles. The lowest BCUT2D eigenvalue weighted by Gasteiger charge is -2.28. The van der Waals surface area contributed by atoms with E-state index in [1.807, 2.05) is 26.0 Å². The van der Waals surface area contributed by atoms with Crippen molar-refractivity contribution in [2.45, 2.75) is 52.0 Å². The zero-order chi connectivity index (χ0) is 12.4. The molecule has 0 spiro atoms. The van der Waals surface area contributed by atoms with E-state index in [0.717, 1.165) is 11.1 Å². The number of phenols is 1. The largest absolute Gasteiger partial charge is 0.507 e. The highest BCUT2D eigenvalue weighted by Crippen LogP contribution is 2.35. The lowest BCUT2D eigenvalue weighted by molar-refractivity contribution is 0.308. The van der Waals surface area contributed by atoms with Crippen LogP contribution < -0.4 is 5.73 Å². The Balaban J connectivity index is 2.21. The van der Waals surface area contributed by atoms with E-state index in [4.69, 9.17) is 5.73 Å². The molecule has 1 aliphatic rings. The molecule has 0 aliphatic heterocycles. The van der Waals surface area contributed by atoms with Gasteiger partial charge in [0, 0.05) is 6.04 Å². The van der Waals surface area contributed by atoms with Crippen LogP contribution in [-0.2, 0) is 0 Å². The van der Waals surface area contributed by atoms with E-state index < -0.39 is 0 Å². The van der Waals surface area contributed by atoms with E-state index in [0.29, 0.717) is 11.7 Å². The quantitative estimate of drug-likeness (QED) is 0.820. The highest BCUT2D eigenvalue weighted by Gasteiger charge is 2.22. The third kappa shape index (κ3) is 2.63. The fourth-order valence-corrected chi connectivity index (χ4v) is 2.95. The number of benzene rings is 1. The summed E-state index contributed by atoms with van der Waals surface area (Å²) in [5.41, 5.74) is 9.43. The Bertz CT molecular complexity index is 371. The van der Waals surface area contributed by atoms with Gasteiger partial charge in [-0.05, 0) is 49.3 Å². The van der Waals surface area contributed by atoms with Gasteiger partial charge < -0.3 is 10.8 Å². The summed E-state index contributed by atoms with van der Waals surface area (Å²) in [7, 11) is 0. The molecule has 1 fully saturated rings. The number of nitrogens with two attached hydrogens (primary N) is 1. The van der Waals surface area contributed by atoms with Gasteiger partial charge in [0.1, 0.15) is 5.75 Å². The molecule has 0 radical (unpaired) electrons. The summed E-state index contributed by atoms with van der Waals surface area (Å²) < 4.78 is 0. The van der Waals surface area contributed by atoms with E-state index >= 15 is 0 Å². The van der Waals surface area contributed by atoms with Crippen molar-refractivity contribution in [2.24, 2.45) is 11.7 Å². The van der Waals surface area contributed by atoms with Crippen molar-refractivity contribution in [1.82, 2.24) is 0 Å². The highest BCUT2D eigenvalue weighted by molar-refractivity contribution is 5.43. The second-order valence-corrected chi connectivity index (χ2v) is 5.43. The van der Waals surface area contributed by atoms with E-state index in [-0.39, 0.29) is 6.04 Å². The second-order valence-electron chi connectivity index (χ2n) is 5.43. The van der Waals surface area contributed by atoms with Crippen LogP contribution in [0, 0.1) is 19.8 Å². The zero-order valence-corrected chi connectivity index (χ0v) is 10.9. The number of hydrogen-bond donors (Lipinski definition) is 2. The first kappa shape index (κ1) is 12.4. The lowest BCUT2D eigenvalue weighted by Crippen LogP contribution is -2.23. The molecule has 1 saturated carbocycles. The van der Waals surface area contributed by atoms with Crippen molar-refractivity contribution in [1.29, 1.82) is 0 Å². The fourth-order valence-electron chi connectivity index (χ4n) is 2.95. The Morgan fingerprint density at radius 3 is 2.18 bits per heavy atom. The molecule has 94 valence electrons. The summed E-state index contributed by atoms with van der Waals surface area (Å²) in [6.07, 6.45) is 6.49. The molecule has 0 unspecified atom stereocenters. The number of rotatable bonds is 2. The predicted octanol–water partition coefficient (Wildman–Crippen LogP) is 3.59. The minimum absolute atomic E-state index is 0.133. The van der Waals surface area contributed by atoms with Gasteiger partial charge in [-0.1, -0.05) is 31.4 Å². The van der Waals surface area contributed by atoms with Crippen LogP contribution in [0.5, 0.6) is 5.75 Å². The number of hydrogen-bond acceptors (Lipinski definition) is 2. The van der Waals surface area contributed by atoms with Crippen molar-refractivity contribution in [3.8, 4) is 5.75 Å². The normalized spacial score (nSPS) is 19.2. The Labute approximate surface area is 104 Å². The van der Waals surface area contributed by atoms with Crippen molar-refractivity contribution in [3.63, 3.8) is 0 Å². The molecule has 0 bridgehead atoms. The molecule has 2 rings (SSSR count). The molecule has 0 saturated heterocycles. The molecular formula is C15H23NO. The Morgan fingerprint density at radius 1 is 1.12 bits per heavy atom. The van der Waals surface area contributed by atoms with Crippen LogP contribution in [0.4, 0.5) is 0 Å². The van der Waals surface area contributed by atoms with Gasteiger partial charge in [-0.3, -0.25) is 0 Å². The molecule has 0 amide bonds. The molecule has 2 heteroatoms. The molecule has 0 aromatic heterocycles. The van der Waals surface area contributed by atoms with E-state index in [2.05, 4.69) is 0 Å². The minimum atomic E-state index is 0.133. The van der Waals surface area contributed by atoms with Crippen molar-refractivity contribution < 1.29 is 5.11 Å². The van der Waals surface area contributed by atoms with Gasteiger partial charge in [0.15, 0.2) is 0 Å². The maximum absolute atomic E-state index is 9.78. The average molecular weight is 233 g/mol. The first-order chi connectivity index (χ1) is 8.09. The average Bonchev–Trinajstić information content (AvgIpc) is 2.35. The van der Waals surface area contributed by atoms with E-state index in [9.17, 15) is 5.11 Å². The Morgan fingerprint density at radius 2 is 1.65 bits per heavy atom. The predicted molar refractivity (Wildman–Crippen MR) is 71.1 cm³/mol. The van der Waals surface area contributed by atoms with Crippen LogP contribution in [0.1, 0.15) is 54.8 Å². The Kier molecular flexibility index (Phi) is 3.72. The first-order valence-corrected chi connectivity index (χ1v) is 6.65. The van der Waals surface area contributed by atoms with Crippen LogP contribution in [0.2, 0.25) is 0 Å². The maximum Gasteiger partial charge on any atom is 0.121 e. The molecule has 1 aromatic carbocycles. The number of phenolic OH excluding ortho intramolecular Hbond substituents is 1. The van der Waals surface area contributed by atoms with Crippen LogP contribution in [-0.4, -0.2) is 5.11 Å². The van der Waals surface area contributed by atoms with Crippen LogP contribution >= 0.6 is 0 Å². The monoisotopic (exact) mass is 233 g/mol. The van der Waals surface area contributed by atoms with Gasteiger partial charge in [-0.25, -0.2) is 0 Å². The molecular weight excluding hydrogens is 210 g/mol. The van der Waals surface area contributed by atoms with Crippen LogP contribution in [0.25, 0.3) is 0 Å². The molecule has 1 aliphatic carbocycles. The summed E-state index contributed by atoms with van der Waals surface area (Å²) in [4.78, 5) is 0. The zero-order valence-electron chi connectivity index (χ0n) is 10.9. The number of aromatic hydroxyl groups is 1. The van der Waals surface area contributed by atoms with Gasteiger partial charge in [0.2, 0.25) is 0 Å². The Hall–Kier alpha value is -1.02. The highest BCUT2D eigenvalue weighted by atomic mass is 16.3. The van der Waals surface area contributed by atoms with Crippen molar-refractivity contribution >= 4 is 0 Å². The van der Waals surface area contributed by atoms with Gasteiger partial charge in [0.05, 0.1) is 0 Å². The summed E-state index contributed by atoms with van der Waals surface area (Å²) in [6.45, 7) is 3.89. The summed E-state index contributed by atoms with van der Waals surface area (Å²) in [6, 6.07) is 4.22. The maximum atomic E-state index is 9.78. The fraction of sp³-hybridized carbons (Fsp3) is 0.600.